The summed E-state index contributed by atoms with van der Waals surface area (Å²) in [6.07, 6.45) is 0.0571. The van der Waals surface area contributed by atoms with Crippen molar-refractivity contribution in [3.05, 3.63) is 71.8 Å². The molecule has 1 amide bonds. The smallest absolute Gasteiger partial charge is 0.331 e. The molecule has 3 rings (SSSR count). The lowest BCUT2D eigenvalue weighted by atomic mass is 9.80. The van der Waals surface area contributed by atoms with Gasteiger partial charge >= 0.3 is 13.6 Å². The SMILES string of the molecule is CC1(C)COP(=O)(OCc2ccccc2)C[C@H]1C(=O)[15NH]C[13CH2][13C](=O)OCc1ccccc1. The maximum Gasteiger partial charge on any atom is 0.331 e. The lowest BCUT2D eigenvalue weighted by Crippen LogP contribution is -2.46. The molecule has 1 aliphatic rings. The molecule has 0 aromatic heterocycles. The molecule has 1 N–H and O–H groups in total. The Morgan fingerprint density at radius 2 is 1.62 bits per heavy atom. The summed E-state index contributed by atoms with van der Waals surface area (Å²) in [5, 5.41) is 2.78. The minimum atomic E-state index is -3.42. The molecule has 0 aliphatic carbocycles. The highest BCUT2D eigenvalue weighted by Crippen LogP contribution is 2.57. The van der Waals surface area contributed by atoms with Crippen molar-refractivity contribution in [3.63, 3.8) is 0 Å². The van der Waals surface area contributed by atoms with Crippen LogP contribution in [0.15, 0.2) is 60.7 Å². The predicted molar refractivity (Wildman–Crippen MR) is 121 cm³/mol. The molecule has 172 valence electrons. The normalized spacial score (nSPS) is 22.1. The summed E-state index contributed by atoms with van der Waals surface area (Å²) in [7, 11) is -3.42. The van der Waals surface area contributed by atoms with Gasteiger partial charge in [0, 0.05) is 12.0 Å². The third-order valence-electron chi connectivity index (χ3n) is 5.44. The van der Waals surface area contributed by atoms with Crippen LogP contribution in [-0.2, 0) is 41.2 Å². The first-order chi connectivity index (χ1) is 15.3. The quantitative estimate of drug-likeness (QED) is 0.258. The molecule has 32 heavy (non-hydrogen) atoms. The topological polar surface area (TPSA) is 90.9 Å². The number of amides is 1. The highest BCUT2D eigenvalue weighted by Gasteiger charge is 2.47. The molecule has 0 spiro atoms. The number of carbonyl (C=O) groups is 2. The fourth-order valence-corrected chi connectivity index (χ4v) is 5.65. The zero-order chi connectivity index (χ0) is 23.0. The molecule has 0 saturated carbocycles. The molecule has 1 unspecified atom stereocenters. The van der Waals surface area contributed by atoms with E-state index in [9.17, 15) is 14.2 Å². The Bertz CT molecular complexity index is 947. The van der Waals surface area contributed by atoms with Crippen molar-refractivity contribution in [2.75, 3.05) is 19.3 Å². The Morgan fingerprint density at radius 3 is 2.25 bits per heavy atom. The van der Waals surface area contributed by atoms with Gasteiger partial charge in [0.05, 0.1) is 31.7 Å². The molecule has 1 saturated heterocycles. The van der Waals surface area contributed by atoms with E-state index in [1.54, 1.807) is 0 Å². The van der Waals surface area contributed by atoms with Gasteiger partial charge in [-0.15, -0.1) is 0 Å². The van der Waals surface area contributed by atoms with Crippen molar-refractivity contribution in [3.8, 4) is 0 Å². The molecule has 8 heteroatoms. The van der Waals surface area contributed by atoms with Crippen LogP contribution in [-0.4, -0.2) is 31.2 Å². The lowest BCUT2D eigenvalue weighted by Gasteiger charge is -2.40. The van der Waals surface area contributed by atoms with Crippen LogP contribution in [0.3, 0.4) is 0 Å². The highest BCUT2D eigenvalue weighted by molar-refractivity contribution is 7.53. The van der Waals surface area contributed by atoms with E-state index in [0.29, 0.717) is 0 Å². The third-order valence-corrected chi connectivity index (χ3v) is 7.30. The largest absolute Gasteiger partial charge is 0.461 e. The summed E-state index contributed by atoms with van der Waals surface area (Å²) in [6, 6.07) is 18.8. The second-order valence-corrected chi connectivity index (χ2v) is 10.7. The minimum absolute atomic E-state index is 0.00286. The second kappa shape index (κ2) is 10.9. The van der Waals surface area contributed by atoms with Crippen molar-refractivity contribution in [1.29, 1.82) is 0 Å². The molecule has 7 nitrogen and oxygen atoms in total. The van der Waals surface area contributed by atoms with Gasteiger partial charge in [0.25, 0.3) is 0 Å². The summed E-state index contributed by atoms with van der Waals surface area (Å²) in [5.41, 5.74) is 1.27. The van der Waals surface area contributed by atoms with E-state index < -0.39 is 24.9 Å². The molecule has 0 bridgehead atoms. The van der Waals surface area contributed by atoms with Gasteiger partial charge in [-0.1, -0.05) is 74.5 Å². The molecule has 2 atom stereocenters. The Morgan fingerprint density at radius 1 is 1.03 bits per heavy atom. The number of benzene rings is 2. The van der Waals surface area contributed by atoms with Crippen LogP contribution in [0, 0.1) is 11.3 Å². The number of rotatable bonds is 9. The van der Waals surface area contributed by atoms with E-state index in [4.69, 9.17) is 13.8 Å². The third kappa shape index (κ3) is 7.02. The molecule has 1 heterocycles. The van der Waals surface area contributed by atoms with Gasteiger partial charge in [-0.25, -0.2) is 0 Å². The summed E-state index contributed by atoms with van der Waals surface area (Å²) in [6.45, 7) is 4.44. The maximum absolute atomic E-state index is 13.1. The zero-order valence-corrected chi connectivity index (χ0v) is 19.4. The van der Waals surface area contributed by atoms with Gasteiger partial charge in [0.1, 0.15) is 6.61 Å². The van der Waals surface area contributed by atoms with Crippen molar-refractivity contribution in [2.45, 2.75) is 33.5 Å². The van der Waals surface area contributed by atoms with E-state index >= 15 is 0 Å². The average molecular weight is 462 g/mol. The number of hydrogen-bond donors (Lipinski definition) is 1. The van der Waals surface area contributed by atoms with E-state index in [1.807, 2.05) is 74.5 Å². The summed E-state index contributed by atoms with van der Waals surface area (Å²) < 4.78 is 29.5. The fourth-order valence-electron chi connectivity index (χ4n) is 3.38. The van der Waals surface area contributed by atoms with Crippen LogP contribution in [0.4, 0.5) is 0 Å². The number of nitrogens with one attached hydrogen (secondary N) is 1. The van der Waals surface area contributed by atoms with Gasteiger partial charge in [-0.3, -0.25) is 14.2 Å². The first-order valence-corrected chi connectivity index (χ1v) is 12.4. The Labute approximate surface area is 189 Å². The molecular weight excluding hydrogens is 432 g/mol. The van der Waals surface area contributed by atoms with Crippen LogP contribution in [0.1, 0.15) is 31.4 Å². The number of esters is 1. The Kier molecular flexibility index (Phi) is 8.24. The highest BCUT2D eigenvalue weighted by atomic mass is 31.2. The number of hydrogen-bond acceptors (Lipinski definition) is 6. The van der Waals surface area contributed by atoms with Crippen LogP contribution in [0.2, 0.25) is 0 Å². The predicted octanol–water partition coefficient (Wildman–Crippen LogP) is 4.32. The average Bonchev–Trinajstić information content (AvgIpc) is 2.80. The minimum Gasteiger partial charge on any atom is -0.461 e. The van der Waals surface area contributed by atoms with Crippen LogP contribution < -0.4 is 5.32 Å². The van der Waals surface area contributed by atoms with Gasteiger partial charge in [-0.05, 0) is 11.1 Å². The van der Waals surface area contributed by atoms with Crippen LogP contribution in [0.5, 0.6) is 0 Å². The first kappa shape index (κ1) is 24.2. The fraction of sp³-hybridized carbons (Fsp3) is 0.417. The van der Waals surface area contributed by atoms with Crippen molar-refractivity contribution in [2.24, 2.45) is 11.3 Å². The molecule has 1 aliphatic heterocycles. The van der Waals surface area contributed by atoms with Crippen LogP contribution >= 0.6 is 7.60 Å². The molecule has 0 radical (unpaired) electrons. The molecule has 2 aromatic carbocycles. The maximum atomic E-state index is 13.1. The summed E-state index contributed by atoms with van der Waals surface area (Å²) in [4.78, 5) is 24.8. The summed E-state index contributed by atoms with van der Waals surface area (Å²) in [5.74, 6) is -1.21. The van der Waals surface area contributed by atoms with Gasteiger partial charge < -0.3 is 19.1 Å². The zero-order valence-electron chi connectivity index (χ0n) is 18.5. The van der Waals surface area contributed by atoms with E-state index in [2.05, 4.69) is 5.32 Å². The van der Waals surface area contributed by atoms with Gasteiger partial charge in [0.15, 0.2) is 0 Å². The lowest BCUT2D eigenvalue weighted by molar-refractivity contribution is -0.144. The number of carbonyl (C=O) groups excluding carboxylic acids is 2. The second-order valence-electron chi connectivity index (χ2n) is 8.55. The summed E-state index contributed by atoms with van der Waals surface area (Å²) >= 11 is 0. The molecule has 1 fully saturated rings. The van der Waals surface area contributed by atoms with Crippen LogP contribution in [0.25, 0.3) is 0 Å². The van der Waals surface area contributed by atoms with Crippen molar-refractivity contribution >= 4 is 19.5 Å². The number of ether oxygens (including phenoxy) is 1. The van der Waals surface area contributed by atoms with Gasteiger partial charge in [-0.2, -0.15) is 0 Å². The standard InChI is InChI=1S/C24H30NO6P/c1-24(2)18-31-32(28,30-16-20-11-7-4-8-12-20)17-21(24)23(27)25-14-13-22(26)29-15-19-9-5-3-6-10-19/h3-12,21H,13-18H2,1-2H3,(H,25,27)/t21-,32?/m0/s1/i13+1,22+1,25+1. The van der Waals surface area contributed by atoms with Crippen molar-refractivity contribution < 1.29 is 27.9 Å². The van der Waals surface area contributed by atoms with Gasteiger partial charge in [0.2, 0.25) is 5.91 Å². The molecular formula is C24H30NO6P. The first-order valence-electron chi connectivity index (χ1n) is 10.7. The Balaban J connectivity index is 1.47. The van der Waals surface area contributed by atoms with Crippen molar-refractivity contribution in [1.82, 2.24) is 5.32 Å². The molecule has 2 aromatic rings. The Hall–Kier alpha value is -2.47. The van der Waals surface area contributed by atoms with E-state index in [0.717, 1.165) is 11.1 Å². The monoisotopic (exact) mass is 462 g/mol. The van der Waals surface area contributed by atoms with E-state index in [1.165, 1.54) is 0 Å². The van der Waals surface area contributed by atoms with E-state index in [-0.39, 0.29) is 44.9 Å².